The Hall–Kier alpha value is -1.10. The lowest BCUT2D eigenvalue weighted by molar-refractivity contribution is -0.149. The number of aliphatic carboxylic acids is 1. The molecule has 1 saturated heterocycles. The summed E-state index contributed by atoms with van der Waals surface area (Å²) in [6.45, 7) is 5.30. The van der Waals surface area contributed by atoms with Crippen LogP contribution in [0.25, 0.3) is 0 Å². The number of rotatable bonds is 6. The molecule has 98 valence electrons. The van der Waals surface area contributed by atoms with Crippen LogP contribution >= 0.6 is 0 Å². The standard InChI is InChI=1S/C12H22N2O3/c1-3-4-7-13-10(15)9-14-8-5-6-12(14,2)11(16)17/h3-9H2,1-2H3,(H,13,15)(H,16,17). The van der Waals surface area contributed by atoms with Crippen molar-refractivity contribution in [3.63, 3.8) is 0 Å². The average Bonchev–Trinajstić information content (AvgIpc) is 2.62. The molecule has 1 fully saturated rings. The Morgan fingerprint density at radius 1 is 1.47 bits per heavy atom. The maximum absolute atomic E-state index is 11.6. The summed E-state index contributed by atoms with van der Waals surface area (Å²) < 4.78 is 0. The summed E-state index contributed by atoms with van der Waals surface area (Å²) in [6, 6.07) is 0. The van der Waals surface area contributed by atoms with E-state index < -0.39 is 11.5 Å². The molecule has 0 spiro atoms. The molecule has 1 amide bonds. The molecule has 17 heavy (non-hydrogen) atoms. The van der Waals surface area contributed by atoms with Crippen LogP contribution in [-0.4, -0.2) is 47.1 Å². The molecule has 1 aliphatic rings. The van der Waals surface area contributed by atoms with Gasteiger partial charge >= 0.3 is 5.97 Å². The highest BCUT2D eigenvalue weighted by atomic mass is 16.4. The molecule has 1 atom stereocenters. The van der Waals surface area contributed by atoms with Crippen LogP contribution in [-0.2, 0) is 9.59 Å². The normalized spacial score (nSPS) is 24.8. The molecule has 1 aliphatic heterocycles. The van der Waals surface area contributed by atoms with E-state index in [0.29, 0.717) is 19.5 Å². The smallest absolute Gasteiger partial charge is 0.323 e. The van der Waals surface area contributed by atoms with Gasteiger partial charge in [0, 0.05) is 6.54 Å². The lowest BCUT2D eigenvalue weighted by Gasteiger charge is -2.30. The van der Waals surface area contributed by atoms with Gasteiger partial charge in [-0.05, 0) is 32.7 Å². The second-order valence-electron chi connectivity index (χ2n) is 4.81. The first kappa shape index (κ1) is 14.0. The highest BCUT2D eigenvalue weighted by Gasteiger charge is 2.43. The predicted octanol–water partition coefficient (Wildman–Crippen LogP) is 0.842. The summed E-state index contributed by atoms with van der Waals surface area (Å²) in [5.41, 5.74) is -0.873. The molecule has 0 bridgehead atoms. The number of amides is 1. The Bertz CT molecular complexity index is 293. The maximum atomic E-state index is 11.6. The van der Waals surface area contributed by atoms with E-state index in [-0.39, 0.29) is 12.5 Å². The van der Waals surface area contributed by atoms with Gasteiger partial charge in [0.25, 0.3) is 0 Å². The van der Waals surface area contributed by atoms with Gasteiger partial charge in [0.1, 0.15) is 5.54 Å². The number of carbonyl (C=O) groups is 2. The topological polar surface area (TPSA) is 69.6 Å². The van der Waals surface area contributed by atoms with Crippen molar-refractivity contribution < 1.29 is 14.7 Å². The second kappa shape index (κ2) is 6.00. The molecule has 0 radical (unpaired) electrons. The quantitative estimate of drug-likeness (QED) is 0.677. The summed E-state index contributed by atoms with van der Waals surface area (Å²) in [5, 5.41) is 12.0. The molecule has 0 aromatic rings. The number of carboxylic acids is 1. The van der Waals surface area contributed by atoms with Crippen molar-refractivity contribution in [3.05, 3.63) is 0 Å². The van der Waals surface area contributed by atoms with Crippen LogP contribution in [0.5, 0.6) is 0 Å². The first-order valence-corrected chi connectivity index (χ1v) is 6.26. The predicted molar refractivity (Wildman–Crippen MR) is 64.8 cm³/mol. The van der Waals surface area contributed by atoms with Crippen LogP contribution in [0, 0.1) is 0 Å². The van der Waals surface area contributed by atoms with Gasteiger partial charge in [-0.3, -0.25) is 14.5 Å². The molecular weight excluding hydrogens is 220 g/mol. The van der Waals surface area contributed by atoms with Crippen LogP contribution < -0.4 is 5.32 Å². The van der Waals surface area contributed by atoms with E-state index in [1.54, 1.807) is 11.8 Å². The fraction of sp³-hybridized carbons (Fsp3) is 0.833. The Kier molecular flexibility index (Phi) is 4.93. The zero-order chi connectivity index (χ0) is 12.9. The Morgan fingerprint density at radius 3 is 2.76 bits per heavy atom. The molecule has 1 heterocycles. The summed E-state index contributed by atoms with van der Waals surface area (Å²) >= 11 is 0. The van der Waals surface area contributed by atoms with Crippen molar-refractivity contribution in [2.75, 3.05) is 19.6 Å². The summed E-state index contributed by atoms with van der Waals surface area (Å²) in [7, 11) is 0. The number of carbonyl (C=O) groups excluding carboxylic acids is 1. The van der Waals surface area contributed by atoms with Crippen molar-refractivity contribution in [1.82, 2.24) is 10.2 Å². The van der Waals surface area contributed by atoms with Gasteiger partial charge in [-0.2, -0.15) is 0 Å². The van der Waals surface area contributed by atoms with Crippen LogP contribution in [0.2, 0.25) is 0 Å². The molecule has 0 saturated carbocycles. The minimum atomic E-state index is -0.873. The first-order valence-electron chi connectivity index (χ1n) is 6.26. The van der Waals surface area contributed by atoms with Crippen molar-refractivity contribution >= 4 is 11.9 Å². The molecule has 0 aliphatic carbocycles. The SMILES string of the molecule is CCCCNC(=O)CN1CCCC1(C)C(=O)O. The Labute approximate surface area is 102 Å². The number of hydrogen-bond acceptors (Lipinski definition) is 3. The van der Waals surface area contributed by atoms with Crippen molar-refractivity contribution in [2.45, 2.75) is 45.1 Å². The van der Waals surface area contributed by atoms with Gasteiger partial charge in [-0.25, -0.2) is 0 Å². The van der Waals surface area contributed by atoms with Gasteiger partial charge < -0.3 is 10.4 Å². The van der Waals surface area contributed by atoms with Crippen molar-refractivity contribution in [3.8, 4) is 0 Å². The highest BCUT2D eigenvalue weighted by Crippen LogP contribution is 2.28. The third-order valence-corrected chi connectivity index (χ3v) is 3.44. The average molecular weight is 242 g/mol. The summed E-state index contributed by atoms with van der Waals surface area (Å²) in [5.74, 6) is -0.913. The van der Waals surface area contributed by atoms with E-state index in [1.807, 2.05) is 0 Å². The largest absolute Gasteiger partial charge is 0.480 e. The van der Waals surface area contributed by atoms with E-state index in [9.17, 15) is 14.7 Å². The van der Waals surface area contributed by atoms with E-state index in [1.165, 1.54) is 0 Å². The minimum absolute atomic E-state index is 0.0761. The molecule has 1 rings (SSSR count). The number of hydrogen-bond donors (Lipinski definition) is 2. The van der Waals surface area contributed by atoms with E-state index >= 15 is 0 Å². The van der Waals surface area contributed by atoms with Gasteiger partial charge in [-0.1, -0.05) is 13.3 Å². The number of nitrogens with one attached hydrogen (secondary N) is 1. The Balaban J connectivity index is 2.45. The third-order valence-electron chi connectivity index (χ3n) is 3.44. The first-order chi connectivity index (χ1) is 8.00. The number of carboxylic acid groups (broad SMARTS) is 1. The van der Waals surface area contributed by atoms with Crippen LogP contribution in [0.1, 0.15) is 39.5 Å². The second-order valence-corrected chi connectivity index (χ2v) is 4.81. The van der Waals surface area contributed by atoms with Crippen LogP contribution in [0.15, 0.2) is 0 Å². The molecule has 5 heteroatoms. The number of unbranched alkanes of at least 4 members (excludes halogenated alkanes) is 1. The van der Waals surface area contributed by atoms with Crippen LogP contribution in [0.3, 0.4) is 0 Å². The van der Waals surface area contributed by atoms with E-state index in [4.69, 9.17) is 0 Å². The molecule has 2 N–H and O–H groups in total. The van der Waals surface area contributed by atoms with Gasteiger partial charge in [-0.15, -0.1) is 0 Å². The lowest BCUT2D eigenvalue weighted by atomic mass is 9.99. The van der Waals surface area contributed by atoms with Crippen LogP contribution in [0.4, 0.5) is 0 Å². The molecule has 0 aromatic heterocycles. The zero-order valence-corrected chi connectivity index (χ0v) is 10.7. The molecule has 1 unspecified atom stereocenters. The molecular formula is C12H22N2O3. The van der Waals surface area contributed by atoms with Crippen molar-refractivity contribution in [1.29, 1.82) is 0 Å². The Morgan fingerprint density at radius 2 is 2.18 bits per heavy atom. The van der Waals surface area contributed by atoms with E-state index in [0.717, 1.165) is 19.3 Å². The van der Waals surface area contributed by atoms with Gasteiger partial charge in [0.15, 0.2) is 0 Å². The summed E-state index contributed by atoms with van der Waals surface area (Å²) in [4.78, 5) is 24.6. The fourth-order valence-electron chi connectivity index (χ4n) is 2.15. The monoisotopic (exact) mass is 242 g/mol. The van der Waals surface area contributed by atoms with Crippen molar-refractivity contribution in [2.24, 2.45) is 0 Å². The highest BCUT2D eigenvalue weighted by molar-refractivity contribution is 5.82. The zero-order valence-electron chi connectivity index (χ0n) is 10.7. The van der Waals surface area contributed by atoms with Gasteiger partial charge in [0.2, 0.25) is 5.91 Å². The van der Waals surface area contributed by atoms with Gasteiger partial charge in [0.05, 0.1) is 6.54 Å². The molecule has 0 aromatic carbocycles. The maximum Gasteiger partial charge on any atom is 0.323 e. The third kappa shape index (κ3) is 3.43. The number of likely N-dealkylation sites (tertiary alicyclic amines) is 1. The molecule has 5 nitrogen and oxygen atoms in total. The number of nitrogens with zero attached hydrogens (tertiary/aromatic N) is 1. The lowest BCUT2D eigenvalue weighted by Crippen LogP contribution is -2.51. The fourth-order valence-corrected chi connectivity index (χ4v) is 2.15. The summed E-state index contributed by atoms with van der Waals surface area (Å²) in [6.07, 6.45) is 3.45. The minimum Gasteiger partial charge on any atom is -0.480 e. The van der Waals surface area contributed by atoms with E-state index in [2.05, 4.69) is 12.2 Å².